The van der Waals surface area contributed by atoms with Gasteiger partial charge in [0, 0.05) is 12.3 Å². The highest BCUT2D eigenvalue weighted by molar-refractivity contribution is 5.94. The van der Waals surface area contributed by atoms with Crippen molar-refractivity contribution in [3.05, 3.63) is 72.1 Å². The molecule has 2 aromatic rings. The van der Waals surface area contributed by atoms with Gasteiger partial charge >= 0.3 is 5.97 Å². The van der Waals surface area contributed by atoms with Crippen LogP contribution in [0.4, 0.5) is 0 Å². The van der Waals surface area contributed by atoms with E-state index in [9.17, 15) is 14.7 Å². The van der Waals surface area contributed by atoms with Crippen LogP contribution in [0.25, 0.3) is 6.08 Å². The summed E-state index contributed by atoms with van der Waals surface area (Å²) in [4.78, 5) is 27.1. The van der Waals surface area contributed by atoms with Crippen molar-refractivity contribution >= 4 is 18.0 Å². The Morgan fingerprint density at radius 2 is 1.81 bits per heavy atom. The Labute approximate surface area is 122 Å². The third kappa shape index (κ3) is 4.28. The van der Waals surface area contributed by atoms with E-state index in [-0.39, 0.29) is 0 Å². The molecule has 0 radical (unpaired) electrons. The second kappa shape index (κ2) is 7.00. The van der Waals surface area contributed by atoms with Crippen LogP contribution in [0.3, 0.4) is 0 Å². The molecular weight excluding hydrogens is 268 g/mol. The lowest BCUT2D eigenvalue weighted by Gasteiger charge is -2.13. The van der Waals surface area contributed by atoms with Gasteiger partial charge in [0.1, 0.15) is 0 Å². The molecule has 2 rings (SSSR count). The quantitative estimate of drug-likeness (QED) is 0.822. The topological polar surface area (TPSA) is 79.3 Å². The molecule has 1 aromatic carbocycles. The van der Waals surface area contributed by atoms with E-state index < -0.39 is 17.9 Å². The minimum Gasteiger partial charge on any atom is -0.479 e. The fourth-order valence-electron chi connectivity index (χ4n) is 1.76. The number of hydrogen-bond acceptors (Lipinski definition) is 3. The number of aromatic nitrogens is 1. The number of carboxylic acid groups (broad SMARTS) is 1. The predicted molar refractivity (Wildman–Crippen MR) is 78.2 cm³/mol. The van der Waals surface area contributed by atoms with Crippen molar-refractivity contribution in [2.75, 3.05) is 0 Å². The van der Waals surface area contributed by atoms with Crippen molar-refractivity contribution in [2.24, 2.45) is 0 Å². The lowest BCUT2D eigenvalue weighted by atomic mass is 10.1. The van der Waals surface area contributed by atoms with E-state index in [2.05, 4.69) is 10.3 Å². The van der Waals surface area contributed by atoms with Crippen molar-refractivity contribution in [3.8, 4) is 0 Å². The normalized spacial score (nSPS) is 12.0. The predicted octanol–water partition coefficient (Wildman–Crippen LogP) is 2.04. The van der Waals surface area contributed by atoms with Gasteiger partial charge in [-0.15, -0.1) is 0 Å². The molecule has 0 saturated heterocycles. The Morgan fingerprint density at radius 1 is 1.10 bits per heavy atom. The fourth-order valence-corrected chi connectivity index (χ4v) is 1.76. The van der Waals surface area contributed by atoms with Gasteiger partial charge in [-0.05, 0) is 23.8 Å². The number of benzene rings is 1. The summed E-state index contributed by atoms with van der Waals surface area (Å²) in [5.41, 5.74) is 1.14. The van der Waals surface area contributed by atoms with E-state index in [0.717, 1.165) is 0 Å². The summed E-state index contributed by atoms with van der Waals surface area (Å²) in [6.07, 6.45) is 4.40. The molecule has 0 bridgehead atoms. The Kier molecular flexibility index (Phi) is 4.82. The van der Waals surface area contributed by atoms with E-state index in [1.807, 2.05) is 0 Å². The molecule has 1 unspecified atom stereocenters. The molecule has 0 aliphatic rings. The maximum atomic E-state index is 11.8. The van der Waals surface area contributed by atoms with Gasteiger partial charge in [-0.1, -0.05) is 36.4 Å². The summed E-state index contributed by atoms with van der Waals surface area (Å²) in [6.45, 7) is 0. The number of aliphatic carboxylic acids is 1. The maximum Gasteiger partial charge on any atom is 0.330 e. The van der Waals surface area contributed by atoms with Crippen molar-refractivity contribution in [1.29, 1.82) is 0 Å². The maximum absolute atomic E-state index is 11.8. The summed E-state index contributed by atoms with van der Waals surface area (Å²) in [7, 11) is 0. The fraction of sp³-hybridized carbons (Fsp3) is 0.0625. The molecule has 1 heterocycles. The van der Waals surface area contributed by atoms with E-state index in [1.165, 1.54) is 12.2 Å². The van der Waals surface area contributed by atoms with E-state index >= 15 is 0 Å². The molecule has 106 valence electrons. The average molecular weight is 282 g/mol. The first-order chi connectivity index (χ1) is 10.2. The molecule has 0 fully saturated rings. The average Bonchev–Trinajstić information content (AvgIpc) is 2.52. The number of carboxylic acids is 1. The standard InChI is InChI=1S/C16H14N2O3/c19-14(10-9-13-8-4-5-11-17-13)18-15(16(20)21)12-6-2-1-3-7-12/h1-11,15H,(H,18,19)(H,20,21)/b10-9+. The summed E-state index contributed by atoms with van der Waals surface area (Å²) in [5, 5.41) is 11.7. The van der Waals surface area contributed by atoms with Crippen LogP contribution in [0, 0.1) is 0 Å². The Morgan fingerprint density at radius 3 is 2.43 bits per heavy atom. The molecule has 5 heteroatoms. The second-order valence-corrected chi connectivity index (χ2v) is 4.28. The largest absolute Gasteiger partial charge is 0.479 e. The van der Waals surface area contributed by atoms with Gasteiger partial charge in [-0.25, -0.2) is 4.79 Å². The summed E-state index contributed by atoms with van der Waals surface area (Å²) >= 11 is 0. The highest BCUT2D eigenvalue weighted by Gasteiger charge is 2.20. The summed E-state index contributed by atoms with van der Waals surface area (Å²) < 4.78 is 0. The zero-order valence-electron chi connectivity index (χ0n) is 11.1. The van der Waals surface area contributed by atoms with Crippen LogP contribution >= 0.6 is 0 Å². The first kappa shape index (κ1) is 14.5. The molecule has 0 aliphatic heterocycles. The van der Waals surface area contributed by atoms with Gasteiger partial charge < -0.3 is 10.4 Å². The van der Waals surface area contributed by atoms with Crippen LogP contribution < -0.4 is 5.32 Å². The van der Waals surface area contributed by atoms with Gasteiger partial charge in [0.2, 0.25) is 5.91 Å². The molecule has 5 nitrogen and oxygen atoms in total. The number of nitrogens with one attached hydrogen (secondary N) is 1. The molecule has 0 spiro atoms. The molecule has 21 heavy (non-hydrogen) atoms. The van der Waals surface area contributed by atoms with Crippen LogP contribution in [0.5, 0.6) is 0 Å². The van der Waals surface area contributed by atoms with Crippen molar-refractivity contribution in [1.82, 2.24) is 10.3 Å². The lowest BCUT2D eigenvalue weighted by molar-refractivity contribution is -0.141. The van der Waals surface area contributed by atoms with Gasteiger partial charge in [0.05, 0.1) is 5.69 Å². The van der Waals surface area contributed by atoms with Crippen LogP contribution in [0.1, 0.15) is 17.3 Å². The highest BCUT2D eigenvalue weighted by atomic mass is 16.4. The van der Waals surface area contributed by atoms with Gasteiger partial charge in [-0.3, -0.25) is 9.78 Å². The SMILES string of the molecule is O=C(/C=C/c1ccccn1)NC(C(=O)O)c1ccccc1. The van der Waals surface area contributed by atoms with Crippen LogP contribution in [-0.4, -0.2) is 22.0 Å². The smallest absolute Gasteiger partial charge is 0.330 e. The minimum absolute atomic E-state index is 0.489. The van der Waals surface area contributed by atoms with E-state index in [0.29, 0.717) is 11.3 Å². The number of hydrogen-bond donors (Lipinski definition) is 2. The molecule has 2 N–H and O–H groups in total. The zero-order valence-corrected chi connectivity index (χ0v) is 11.1. The van der Waals surface area contributed by atoms with Gasteiger partial charge in [0.25, 0.3) is 0 Å². The number of carbonyl (C=O) groups is 2. The van der Waals surface area contributed by atoms with Crippen LogP contribution in [0.15, 0.2) is 60.8 Å². The second-order valence-electron chi connectivity index (χ2n) is 4.28. The third-order valence-corrected chi connectivity index (χ3v) is 2.76. The van der Waals surface area contributed by atoms with Crippen molar-refractivity contribution in [2.45, 2.75) is 6.04 Å². The summed E-state index contributed by atoms with van der Waals surface area (Å²) in [5.74, 6) is -1.60. The molecule has 1 amide bonds. The highest BCUT2D eigenvalue weighted by Crippen LogP contribution is 2.12. The molecular formula is C16H14N2O3. The third-order valence-electron chi connectivity index (χ3n) is 2.76. The lowest BCUT2D eigenvalue weighted by Crippen LogP contribution is -2.32. The van der Waals surface area contributed by atoms with Crippen LogP contribution in [0.2, 0.25) is 0 Å². The Hall–Kier alpha value is -2.95. The first-order valence-corrected chi connectivity index (χ1v) is 6.34. The number of carbonyl (C=O) groups excluding carboxylic acids is 1. The molecule has 1 atom stereocenters. The molecule has 0 saturated carbocycles. The molecule has 1 aromatic heterocycles. The molecule has 0 aliphatic carbocycles. The minimum atomic E-state index is -1.11. The zero-order chi connectivity index (χ0) is 15.1. The van der Waals surface area contributed by atoms with E-state index in [1.54, 1.807) is 54.7 Å². The monoisotopic (exact) mass is 282 g/mol. The first-order valence-electron chi connectivity index (χ1n) is 6.34. The van der Waals surface area contributed by atoms with Crippen LogP contribution in [-0.2, 0) is 9.59 Å². The summed E-state index contributed by atoms with van der Waals surface area (Å²) in [6, 6.07) is 12.8. The van der Waals surface area contributed by atoms with Gasteiger partial charge in [-0.2, -0.15) is 0 Å². The number of rotatable bonds is 5. The number of amides is 1. The number of pyridine rings is 1. The van der Waals surface area contributed by atoms with Crippen molar-refractivity contribution < 1.29 is 14.7 Å². The van der Waals surface area contributed by atoms with E-state index in [4.69, 9.17) is 0 Å². The van der Waals surface area contributed by atoms with Gasteiger partial charge in [0.15, 0.2) is 6.04 Å². The Balaban J connectivity index is 2.06. The number of nitrogens with zero attached hydrogens (tertiary/aromatic N) is 1. The van der Waals surface area contributed by atoms with Crippen molar-refractivity contribution in [3.63, 3.8) is 0 Å². The Bertz CT molecular complexity index is 639.